The van der Waals surface area contributed by atoms with E-state index in [1.807, 2.05) is 13.1 Å². The van der Waals surface area contributed by atoms with Crippen molar-refractivity contribution in [3.05, 3.63) is 29.6 Å². The fourth-order valence-electron chi connectivity index (χ4n) is 2.97. The van der Waals surface area contributed by atoms with Crippen molar-refractivity contribution in [2.45, 2.75) is 39.3 Å². The Morgan fingerprint density at radius 2 is 1.76 bits per heavy atom. The van der Waals surface area contributed by atoms with E-state index in [0.717, 1.165) is 37.4 Å². The number of anilines is 1. The van der Waals surface area contributed by atoms with E-state index in [4.69, 9.17) is 0 Å². The van der Waals surface area contributed by atoms with Gasteiger partial charge in [0, 0.05) is 37.8 Å². The smallest absolute Gasteiger partial charge is 0.146 e. The van der Waals surface area contributed by atoms with Gasteiger partial charge in [-0.1, -0.05) is 12.1 Å². The Kier molecular flexibility index (Phi) is 4.89. The van der Waals surface area contributed by atoms with Gasteiger partial charge in [0.05, 0.1) is 5.69 Å². The predicted molar refractivity (Wildman–Crippen MR) is 87.4 cm³/mol. The average molecular weight is 293 g/mol. The summed E-state index contributed by atoms with van der Waals surface area (Å²) in [6, 6.07) is 5.54. The molecule has 0 saturated carbocycles. The van der Waals surface area contributed by atoms with Crippen LogP contribution in [0.15, 0.2) is 18.2 Å². The van der Waals surface area contributed by atoms with Gasteiger partial charge in [0.15, 0.2) is 0 Å². The van der Waals surface area contributed by atoms with Crippen LogP contribution in [0.25, 0.3) is 0 Å². The molecule has 1 aromatic rings. The van der Waals surface area contributed by atoms with Crippen LogP contribution in [-0.4, -0.2) is 43.7 Å². The van der Waals surface area contributed by atoms with Crippen LogP contribution in [-0.2, 0) is 0 Å². The second-order valence-corrected chi connectivity index (χ2v) is 6.83. The maximum absolute atomic E-state index is 14.4. The summed E-state index contributed by atoms with van der Waals surface area (Å²) < 4.78 is 14.4. The molecule has 1 aliphatic heterocycles. The molecule has 1 aliphatic rings. The van der Waals surface area contributed by atoms with E-state index < -0.39 is 0 Å². The number of hydrogen-bond acceptors (Lipinski definition) is 3. The zero-order valence-corrected chi connectivity index (χ0v) is 13.9. The van der Waals surface area contributed by atoms with Crippen LogP contribution in [0.3, 0.4) is 0 Å². The fourth-order valence-corrected chi connectivity index (χ4v) is 2.97. The second kappa shape index (κ2) is 6.32. The fraction of sp³-hybridized carbons (Fsp3) is 0.647. The van der Waals surface area contributed by atoms with Crippen molar-refractivity contribution in [2.75, 3.05) is 38.1 Å². The molecule has 1 unspecified atom stereocenters. The van der Waals surface area contributed by atoms with E-state index in [1.54, 1.807) is 12.1 Å². The number of rotatable bonds is 3. The number of piperazine rings is 1. The van der Waals surface area contributed by atoms with Crippen LogP contribution in [0.5, 0.6) is 0 Å². The molecule has 0 bridgehead atoms. The summed E-state index contributed by atoms with van der Waals surface area (Å²) in [4.78, 5) is 4.66. The van der Waals surface area contributed by atoms with Crippen molar-refractivity contribution in [3.63, 3.8) is 0 Å². The van der Waals surface area contributed by atoms with E-state index in [-0.39, 0.29) is 17.4 Å². The molecule has 0 amide bonds. The van der Waals surface area contributed by atoms with Crippen LogP contribution >= 0.6 is 0 Å². The van der Waals surface area contributed by atoms with E-state index in [2.05, 4.69) is 42.8 Å². The van der Waals surface area contributed by atoms with E-state index in [9.17, 15) is 4.39 Å². The normalized spacial score (nSPS) is 18.9. The van der Waals surface area contributed by atoms with Gasteiger partial charge in [-0.15, -0.1) is 0 Å². The Morgan fingerprint density at radius 1 is 1.14 bits per heavy atom. The van der Waals surface area contributed by atoms with Gasteiger partial charge in [0.2, 0.25) is 0 Å². The molecule has 1 fully saturated rings. The highest BCUT2D eigenvalue weighted by atomic mass is 19.1. The highest BCUT2D eigenvalue weighted by molar-refractivity contribution is 5.56. The van der Waals surface area contributed by atoms with Crippen molar-refractivity contribution < 1.29 is 4.39 Å². The molecule has 2 rings (SSSR count). The maximum Gasteiger partial charge on any atom is 0.146 e. The summed E-state index contributed by atoms with van der Waals surface area (Å²) >= 11 is 0. The summed E-state index contributed by atoms with van der Waals surface area (Å²) in [6.45, 7) is 12.5. The number of nitrogens with zero attached hydrogens (tertiary/aromatic N) is 2. The Balaban J connectivity index is 2.20. The molecular formula is C17H28FN3. The van der Waals surface area contributed by atoms with E-state index in [1.165, 1.54) is 0 Å². The maximum atomic E-state index is 14.4. The first-order chi connectivity index (χ1) is 9.84. The topological polar surface area (TPSA) is 18.5 Å². The van der Waals surface area contributed by atoms with Crippen LogP contribution in [0.1, 0.15) is 39.3 Å². The molecular weight excluding hydrogens is 265 g/mol. The van der Waals surface area contributed by atoms with Gasteiger partial charge in [0.1, 0.15) is 5.82 Å². The van der Waals surface area contributed by atoms with Gasteiger partial charge in [-0.05, 0) is 46.4 Å². The van der Waals surface area contributed by atoms with Crippen molar-refractivity contribution >= 4 is 5.69 Å². The van der Waals surface area contributed by atoms with Crippen LogP contribution < -0.4 is 10.2 Å². The van der Waals surface area contributed by atoms with Gasteiger partial charge in [-0.2, -0.15) is 0 Å². The molecule has 1 atom stereocenters. The molecule has 1 N–H and O–H groups in total. The molecule has 3 nitrogen and oxygen atoms in total. The number of para-hydroxylation sites is 1. The van der Waals surface area contributed by atoms with Crippen LogP contribution in [0.2, 0.25) is 0 Å². The number of benzene rings is 1. The lowest BCUT2D eigenvalue weighted by molar-refractivity contribution is 0.128. The largest absolute Gasteiger partial charge is 0.366 e. The number of nitrogens with one attached hydrogen (secondary N) is 1. The quantitative estimate of drug-likeness (QED) is 0.924. The van der Waals surface area contributed by atoms with Gasteiger partial charge in [-0.3, -0.25) is 4.90 Å². The molecule has 1 heterocycles. The van der Waals surface area contributed by atoms with Crippen molar-refractivity contribution in [1.82, 2.24) is 10.2 Å². The molecule has 118 valence electrons. The first-order valence-electron chi connectivity index (χ1n) is 7.80. The SMILES string of the molecule is CNC(C)c1cccc(F)c1N1CCN(C(C)(C)C)CC1. The minimum absolute atomic E-state index is 0.112. The Hall–Kier alpha value is -1.13. The highest BCUT2D eigenvalue weighted by Gasteiger charge is 2.28. The summed E-state index contributed by atoms with van der Waals surface area (Å²) in [7, 11) is 1.91. The summed E-state index contributed by atoms with van der Waals surface area (Å²) in [5, 5.41) is 3.22. The zero-order chi connectivity index (χ0) is 15.6. The molecule has 1 aromatic carbocycles. The summed E-state index contributed by atoms with van der Waals surface area (Å²) in [6.07, 6.45) is 0. The average Bonchev–Trinajstić information content (AvgIpc) is 2.45. The standard InChI is InChI=1S/C17H28FN3/c1-13(19-5)14-7-6-8-15(18)16(14)20-9-11-21(12-10-20)17(2,3)4/h6-8,13,19H,9-12H2,1-5H3. The molecule has 0 aliphatic carbocycles. The lowest BCUT2D eigenvalue weighted by Gasteiger charge is -2.43. The van der Waals surface area contributed by atoms with Crippen molar-refractivity contribution in [1.29, 1.82) is 0 Å². The Bertz CT molecular complexity index is 473. The summed E-state index contributed by atoms with van der Waals surface area (Å²) in [5.74, 6) is -0.112. The molecule has 0 radical (unpaired) electrons. The molecule has 21 heavy (non-hydrogen) atoms. The van der Waals surface area contributed by atoms with Gasteiger partial charge >= 0.3 is 0 Å². The second-order valence-electron chi connectivity index (χ2n) is 6.83. The van der Waals surface area contributed by atoms with E-state index in [0.29, 0.717) is 0 Å². The number of hydrogen-bond donors (Lipinski definition) is 1. The third kappa shape index (κ3) is 3.55. The van der Waals surface area contributed by atoms with Gasteiger partial charge < -0.3 is 10.2 Å². The first-order valence-corrected chi connectivity index (χ1v) is 7.80. The summed E-state index contributed by atoms with van der Waals surface area (Å²) in [5.41, 5.74) is 2.00. The first kappa shape index (κ1) is 16.2. The third-order valence-electron chi connectivity index (χ3n) is 4.46. The van der Waals surface area contributed by atoms with Crippen molar-refractivity contribution in [2.24, 2.45) is 0 Å². The number of halogens is 1. The minimum Gasteiger partial charge on any atom is -0.366 e. The lowest BCUT2D eigenvalue weighted by atomic mass is 10.0. The molecule has 1 saturated heterocycles. The molecule has 0 spiro atoms. The van der Waals surface area contributed by atoms with Crippen molar-refractivity contribution in [3.8, 4) is 0 Å². The zero-order valence-electron chi connectivity index (χ0n) is 13.9. The van der Waals surface area contributed by atoms with Gasteiger partial charge in [-0.25, -0.2) is 4.39 Å². The molecule has 4 heteroatoms. The third-order valence-corrected chi connectivity index (χ3v) is 4.46. The Morgan fingerprint density at radius 3 is 2.29 bits per heavy atom. The predicted octanol–water partition coefficient (Wildman–Crippen LogP) is 3.03. The highest BCUT2D eigenvalue weighted by Crippen LogP contribution is 2.30. The van der Waals surface area contributed by atoms with E-state index >= 15 is 0 Å². The Labute approximate surface area is 128 Å². The van der Waals surface area contributed by atoms with Gasteiger partial charge in [0.25, 0.3) is 0 Å². The van der Waals surface area contributed by atoms with Crippen LogP contribution in [0, 0.1) is 5.82 Å². The molecule has 0 aromatic heterocycles. The van der Waals surface area contributed by atoms with Crippen LogP contribution in [0.4, 0.5) is 10.1 Å². The minimum atomic E-state index is -0.112. The monoisotopic (exact) mass is 293 g/mol. The lowest BCUT2D eigenvalue weighted by Crippen LogP contribution is -2.53.